The second kappa shape index (κ2) is 8.93. The lowest BCUT2D eigenvalue weighted by Gasteiger charge is -2.38. The molecule has 2 aliphatic rings. The van der Waals surface area contributed by atoms with Gasteiger partial charge in [-0.3, -0.25) is 14.3 Å². The molecule has 0 spiro atoms. The third-order valence-electron chi connectivity index (χ3n) is 7.07. The van der Waals surface area contributed by atoms with Crippen molar-refractivity contribution in [1.82, 2.24) is 19.4 Å². The molecule has 9 heteroatoms. The Bertz CT molecular complexity index is 1550. The fourth-order valence-corrected chi connectivity index (χ4v) is 6.78. The molecule has 0 radical (unpaired) electrons. The number of benzene rings is 1. The molecular formula is C26H26ClN5O2S. The van der Waals surface area contributed by atoms with Crippen LogP contribution in [-0.4, -0.2) is 39.8 Å². The lowest BCUT2D eigenvalue weighted by atomic mass is 9.92. The van der Waals surface area contributed by atoms with Gasteiger partial charge in [-0.25, -0.2) is 4.79 Å². The summed E-state index contributed by atoms with van der Waals surface area (Å²) in [6.07, 6.45) is 6.61. The predicted molar refractivity (Wildman–Crippen MR) is 142 cm³/mol. The number of halogens is 1. The van der Waals surface area contributed by atoms with Crippen molar-refractivity contribution in [1.29, 1.82) is 0 Å². The van der Waals surface area contributed by atoms with Crippen molar-refractivity contribution in [3.8, 4) is 11.1 Å². The molecule has 180 valence electrons. The summed E-state index contributed by atoms with van der Waals surface area (Å²) in [4.78, 5) is 33.0. The number of aromatic nitrogens is 3. The first-order chi connectivity index (χ1) is 17.0. The molecule has 1 saturated heterocycles. The van der Waals surface area contributed by atoms with Gasteiger partial charge < -0.3 is 14.8 Å². The third kappa shape index (κ3) is 3.99. The lowest BCUT2D eigenvalue weighted by Crippen LogP contribution is -2.40. The quantitative estimate of drug-likeness (QED) is 0.456. The highest BCUT2D eigenvalue weighted by Crippen LogP contribution is 2.44. The number of hydrogen-bond acceptors (Lipinski definition) is 6. The predicted octanol–water partition coefficient (Wildman–Crippen LogP) is 3.64. The van der Waals surface area contributed by atoms with E-state index in [1.165, 1.54) is 32.6 Å². The zero-order chi connectivity index (χ0) is 24.1. The van der Waals surface area contributed by atoms with E-state index in [4.69, 9.17) is 11.6 Å². The van der Waals surface area contributed by atoms with Gasteiger partial charge in [0.05, 0.1) is 16.8 Å². The summed E-state index contributed by atoms with van der Waals surface area (Å²) >= 11 is 8.22. The molecule has 7 nitrogen and oxygen atoms in total. The first kappa shape index (κ1) is 22.5. The Balaban J connectivity index is 1.49. The lowest BCUT2D eigenvalue weighted by molar-refractivity contribution is 0.592. The maximum absolute atomic E-state index is 12.5. The van der Waals surface area contributed by atoms with E-state index in [9.17, 15) is 9.59 Å². The van der Waals surface area contributed by atoms with Crippen LogP contribution in [0.3, 0.4) is 0 Å². The molecule has 35 heavy (non-hydrogen) atoms. The van der Waals surface area contributed by atoms with Crippen LogP contribution in [0.5, 0.6) is 0 Å². The Labute approximate surface area is 211 Å². The van der Waals surface area contributed by atoms with E-state index in [0.29, 0.717) is 6.04 Å². The monoisotopic (exact) mass is 507 g/mol. The molecule has 3 aromatic heterocycles. The van der Waals surface area contributed by atoms with Gasteiger partial charge in [0.25, 0.3) is 5.56 Å². The van der Waals surface area contributed by atoms with Gasteiger partial charge >= 0.3 is 5.69 Å². The molecule has 5 heterocycles. The van der Waals surface area contributed by atoms with Crippen molar-refractivity contribution in [3.63, 3.8) is 0 Å². The number of nitrogens with zero attached hydrogens (tertiary/aromatic N) is 4. The number of nitrogens with one attached hydrogen (secondary N) is 1. The van der Waals surface area contributed by atoms with Gasteiger partial charge in [-0.2, -0.15) is 0 Å². The smallest absolute Gasteiger partial charge is 0.331 e. The highest BCUT2D eigenvalue weighted by molar-refractivity contribution is 7.19. The fraction of sp³-hybridized carbons (Fsp3) is 0.346. The van der Waals surface area contributed by atoms with E-state index in [1.54, 1.807) is 18.4 Å². The average molecular weight is 508 g/mol. The van der Waals surface area contributed by atoms with E-state index in [0.717, 1.165) is 70.1 Å². The molecule has 0 aliphatic carbocycles. The molecular weight excluding hydrogens is 482 g/mol. The maximum Gasteiger partial charge on any atom is 0.331 e. The SMILES string of the molecule is Cn1ccc(=O)n(Cc2cc3nccc(-c4cc(Cl)cc5c4N([C@H]4CCNC4)CCC5)c3s2)c1=O. The molecule has 0 unspecified atom stereocenters. The van der Waals surface area contributed by atoms with E-state index in [-0.39, 0.29) is 17.8 Å². The molecule has 4 aromatic rings. The maximum atomic E-state index is 12.5. The molecule has 1 N–H and O–H groups in total. The summed E-state index contributed by atoms with van der Waals surface area (Å²) in [6, 6.07) is 10.1. The van der Waals surface area contributed by atoms with Crippen LogP contribution < -0.4 is 21.5 Å². The molecule has 1 aromatic carbocycles. The molecule has 1 fully saturated rings. The van der Waals surface area contributed by atoms with Gasteiger partial charge in [-0.1, -0.05) is 11.6 Å². The number of pyridine rings is 1. The van der Waals surface area contributed by atoms with Crippen LogP contribution in [0.25, 0.3) is 21.3 Å². The summed E-state index contributed by atoms with van der Waals surface area (Å²) in [5.74, 6) is 0. The number of thiophene rings is 1. The number of hydrogen-bond donors (Lipinski definition) is 1. The summed E-state index contributed by atoms with van der Waals surface area (Å²) in [6.45, 7) is 3.31. The number of rotatable bonds is 4. The van der Waals surface area contributed by atoms with Crippen LogP contribution in [-0.2, 0) is 20.0 Å². The van der Waals surface area contributed by atoms with E-state index >= 15 is 0 Å². The number of aryl methyl sites for hydroxylation is 2. The summed E-state index contributed by atoms with van der Waals surface area (Å²) in [5.41, 5.74) is 5.04. The normalized spacial score (nSPS) is 17.8. The average Bonchev–Trinajstić information content (AvgIpc) is 3.53. The van der Waals surface area contributed by atoms with Crippen molar-refractivity contribution in [2.24, 2.45) is 7.05 Å². The summed E-state index contributed by atoms with van der Waals surface area (Å²) in [7, 11) is 1.65. The minimum atomic E-state index is -0.326. The topological polar surface area (TPSA) is 72.2 Å². The molecule has 6 rings (SSSR count). The van der Waals surface area contributed by atoms with Crippen LogP contribution in [0, 0.1) is 0 Å². The van der Waals surface area contributed by atoms with E-state index < -0.39 is 0 Å². The molecule has 2 aliphatic heterocycles. The third-order valence-corrected chi connectivity index (χ3v) is 8.43. The van der Waals surface area contributed by atoms with Crippen LogP contribution in [0.4, 0.5) is 5.69 Å². The second-order valence-corrected chi connectivity index (χ2v) is 10.9. The highest BCUT2D eigenvalue weighted by atomic mass is 35.5. The van der Waals surface area contributed by atoms with Gasteiger partial charge in [0.15, 0.2) is 0 Å². The number of anilines is 1. The zero-order valence-electron chi connectivity index (χ0n) is 19.5. The largest absolute Gasteiger partial charge is 0.366 e. The van der Waals surface area contributed by atoms with Gasteiger partial charge in [0.1, 0.15) is 0 Å². The Kier molecular flexibility index (Phi) is 5.75. The molecule has 1 atom stereocenters. The van der Waals surface area contributed by atoms with Crippen molar-refractivity contribution < 1.29 is 0 Å². The van der Waals surface area contributed by atoms with E-state index in [1.807, 2.05) is 12.3 Å². The molecule has 0 amide bonds. The Morgan fingerprint density at radius 3 is 2.91 bits per heavy atom. The van der Waals surface area contributed by atoms with Gasteiger partial charge in [0.2, 0.25) is 0 Å². The fourth-order valence-electron chi connectivity index (χ4n) is 5.41. The first-order valence-corrected chi connectivity index (χ1v) is 13.1. The Morgan fingerprint density at radius 1 is 1.20 bits per heavy atom. The summed E-state index contributed by atoms with van der Waals surface area (Å²) < 4.78 is 3.73. The van der Waals surface area contributed by atoms with Crippen molar-refractivity contribution >= 4 is 38.8 Å². The van der Waals surface area contributed by atoms with Gasteiger partial charge in [0, 0.05) is 71.4 Å². The van der Waals surface area contributed by atoms with Crippen LogP contribution >= 0.6 is 22.9 Å². The second-order valence-electron chi connectivity index (χ2n) is 9.32. The van der Waals surface area contributed by atoms with Gasteiger partial charge in [-0.15, -0.1) is 11.3 Å². The van der Waals surface area contributed by atoms with Crippen molar-refractivity contribution in [2.45, 2.75) is 31.8 Å². The van der Waals surface area contributed by atoms with Crippen molar-refractivity contribution in [3.05, 3.63) is 79.0 Å². The van der Waals surface area contributed by atoms with Crippen LogP contribution in [0.2, 0.25) is 5.02 Å². The summed E-state index contributed by atoms with van der Waals surface area (Å²) in [5, 5.41) is 4.25. The number of fused-ring (bicyclic) bond motifs is 2. The van der Waals surface area contributed by atoms with Crippen LogP contribution in [0.1, 0.15) is 23.3 Å². The first-order valence-electron chi connectivity index (χ1n) is 11.9. The van der Waals surface area contributed by atoms with Crippen LogP contribution in [0.15, 0.2) is 52.3 Å². The van der Waals surface area contributed by atoms with Gasteiger partial charge in [-0.05, 0) is 55.6 Å². The Morgan fingerprint density at radius 2 is 2.09 bits per heavy atom. The van der Waals surface area contributed by atoms with Crippen molar-refractivity contribution in [2.75, 3.05) is 24.5 Å². The minimum Gasteiger partial charge on any atom is -0.366 e. The highest BCUT2D eigenvalue weighted by Gasteiger charge is 2.30. The molecule has 0 saturated carbocycles. The van der Waals surface area contributed by atoms with E-state index in [2.05, 4.69) is 33.4 Å². The Hall–Kier alpha value is -2.94. The zero-order valence-corrected chi connectivity index (χ0v) is 21.0. The molecule has 0 bridgehead atoms. The standard InChI is InChI=1S/C26H26ClN5O2S/c1-30-10-6-23(33)32(26(30)34)15-19-13-22-25(35-19)20(5-8-29-22)21-12-17(27)11-16-3-2-9-31(24(16)21)18-4-7-28-14-18/h5-6,8,10-13,18,28H,2-4,7,9,14-15H2,1H3/t18-/m0/s1. The minimum absolute atomic E-state index is 0.223.